The zero-order valence-electron chi connectivity index (χ0n) is 10.4. The van der Waals surface area contributed by atoms with Gasteiger partial charge in [0.25, 0.3) is 0 Å². The lowest BCUT2D eigenvalue weighted by Crippen LogP contribution is -2.24. The highest BCUT2D eigenvalue weighted by Gasteiger charge is 2.25. The molecule has 100 valence electrons. The molecule has 0 aliphatic rings. The van der Waals surface area contributed by atoms with E-state index in [0.29, 0.717) is 5.56 Å². The molecule has 1 atom stereocenters. The van der Waals surface area contributed by atoms with Crippen molar-refractivity contribution in [3.8, 4) is 5.75 Å². The van der Waals surface area contributed by atoms with Crippen molar-refractivity contribution in [1.29, 1.82) is 0 Å². The zero-order chi connectivity index (χ0) is 14.0. The van der Waals surface area contributed by atoms with Crippen LogP contribution in [0.3, 0.4) is 0 Å². The largest absolute Gasteiger partial charge is 0.508 e. The molecule has 0 amide bonds. The molecule has 2 rings (SSSR count). The van der Waals surface area contributed by atoms with Crippen molar-refractivity contribution in [2.45, 2.75) is 18.9 Å². The van der Waals surface area contributed by atoms with Crippen LogP contribution in [0.5, 0.6) is 5.75 Å². The molecule has 0 saturated heterocycles. The van der Waals surface area contributed by atoms with Crippen molar-refractivity contribution in [2.24, 2.45) is 0 Å². The highest BCUT2D eigenvalue weighted by atomic mass is 19.1. The van der Waals surface area contributed by atoms with Crippen molar-refractivity contribution in [2.75, 3.05) is 0 Å². The smallest absolute Gasteiger partial charge is 0.126 e. The first-order chi connectivity index (χ1) is 8.87. The third kappa shape index (κ3) is 3.29. The molecule has 0 fully saturated rings. The Morgan fingerprint density at radius 1 is 1.05 bits per heavy atom. The summed E-state index contributed by atoms with van der Waals surface area (Å²) in [6, 6.07) is 9.35. The van der Waals surface area contributed by atoms with Gasteiger partial charge in [-0.1, -0.05) is 12.1 Å². The molecule has 0 aliphatic carbocycles. The van der Waals surface area contributed by atoms with Crippen LogP contribution in [0.15, 0.2) is 42.5 Å². The minimum atomic E-state index is -1.42. The fraction of sp³-hybridized carbons (Fsp3) is 0.200. The number of aliphatic hydroxyl groups is 1. The predicted octanol–water partition coefficient (Wildman–Crippen LogP) is 3.12. The van der Waals surface area contributed by atoms with Gasteiger partial charge in [-0.25, -0.2) is 8.78 Å². The van der Waals surface area contributed by atoms with E-state index in [2.05, 4.69) is 0 Å². The van der Waals surface area contributed by atoms with Gasteiger partial charge in [-0.15, -0.1) is 0 Å². The third-order valence-corrected chi connectivity index (χ3v) is 2.94. The number of halogens is 2. The number of hydrogen-bond acceptors (Lipinski definition) is 2. The second-order valence-corrected chi connectivity index (χ2v) is 4.78. The maximum absolute atomic E-state index is 13.2. The molecule has 0 aliphatic heterocycles. The van der Waals surface area contributed by atoms with Gasteiger partial charge in [-0.3, -0.25) is 0 Å². The van der Waals surface area contributed by atoms with Gasteiger partial charge in [0.2, 0.25) is 0 Å². The van der Waals surface area contributed by atoms with E-state index in [4.69, 9.17) is 0 Å². The summed E-state index contributed by atoms with van der Waals surface area (Å²) in [6.45, 7) is 1.48. The van der Waals surface area contributed by atoms with Crippen LogP contribution in [-0.2, 0) is 12.0 Å². The molecule has 1 unspecified atom stereocenters. The molecule has 0 saturated carbocycles. The summed E-state index contributed by atoms with van der Waals surface area (Å²) in [5.74, 6) is -1.38. The van der Waals surface area contributed by atoms with Crippen LogP contribution in [0, 0.1) is 11.6 Å². The fourth-order valence-electron chi connectivity index (χ4n) is 2.03. The average Bonchev–Trinajstić information content (AvgIpc) is 2.26. The van der Waals surface area contributed by atoms with Gasteiger partial charge in [0.05, 0.1) is 5.60 Å². The first-order valence-corrected chi connectivity index (χ1v) is 5.84. The number of phenols is 1. The van der Waals surface area contributed by atoms with Crippen molar-refractivity contribution in [3.63, 3.8) is 0 Å². The summed E-state index contributed by atoms with van der Waals surface area (Å²) in [7, 11) is 0. The standard InChI is InChI=1S/C15H14F2O2/c1-15(19,9-10-3-2-4-14(18)5-10)11-6-12(16)8-13(17)7-11/h2-8,18-19H,9H2,1H3. The van der Waals surface area contributed by atoms with Crippen LogP contribution >= 0.6 is 0 Å². The lowest BCUT2D eigenvalue weighted by molar-refractivity contribution is 0.0569. The Hall–Kier alpha value is -1.94. The molecule has 0 radical (unpaired) electrons. The second kappa shape index (κ2) is 4.97. The highest BCUT2D eigenvalue weighted by Crippen LogP contribution is 2.27. The lowest BCUT2D eigenvalue weighted by atomic mass is 9.89. The van der Waals surface area contributed by atoms with Crippen molar-refractivity contribution in [1.82, 2.24) is 0 Å². The van der Waals surface area contributed by atoms with Crippen molar-refractivity contribution < 1.29 is 19.0 Å². The van der Waals surface area contributed by atoms with Gasteiger partial charge in [0.15, 0.2) is 0 Å². The van der Waals surface area contributed by atoms with Gasteiger partial charge in [0, 0.05) is 12.5 Å². The number of rotatable bonds is 3. The summed E-state index contributed by atoms with van der Waals surface area (Å²) < 4.78 is 26.3. The van der Waals surface area contributed by atoms with Gasteiger partial charge >= 0.3 is 0 Å². The van der Waals surface area contributed by atoms with Crippen molar-refractivity contribution in [3.05, 3.63) is 65.2 Å². The van der Waals surface area contributed by atoms with Crippen LogP contribution in [0.25, 0.3) is 0 Å². The molecule has 0 spiro atoms. The van der Waals surface area contributed by atoms with E-state index in [1.165, 1.54) is 19.1 Å². The highest BCUT2D eigenvalue weighted by molar-refractivity contribution is 5.31. The maximum Gasteiger partial charge on any atom is 0.126 e. The van der Waals surface area contributed by atoms with E-state index < -0.39 is 17.2 Å². The van der Waals surface area contributed by atoms with Crippen LogP contribution in [0.1, 0.15) is 18.1 Å². The number of benzene rings is 2. The van der Waals surface area contributed by atoms with Gasteiger partial charge in [0.1, 0.15) is 17.4 Å². The minimum Gasteiger partial charge on any atom is -0.508 e. The van der Waals surface area contributed by atoms with E-state index in [9.17, 15) is 19.0 Å². The Morgan fingerprint density at radius 2 is 1.68 bits per heavy atom. The summed E-state index contributed by atoms with van der Waals surface area (Å²) >= 11 is 0. The molecule has 2 aromatic rings. The van der Waals surface area contributed by atoms with Crippen LogP contribution in [0.4, 0.5) is 8.78 Å². The number of phenolic OH excluding ortho intramolecular Hbond substituents is 1. The Balaban J connectivity index is 2.31. The monoisotopic (exact) mass is 264 g/mol. The Kier molecular flexibility index (Phi) is 3.53. The summed E-state index contributed by atoms with van der Waals surface area (Å²) in [5.41, 5.74) is -0.584. The van der Waals surface area contributed by atoms with Gasteiger partial charge < -0.3 is 10.2 Å². The first kappa shape index (κ1) is 13.5. The molecule has 0 bridgehead atoms. The van der Waals surface area contributed by atoms with Crippen molar-refractivity contribution >= 4 is 0 Å². The quantitative estimate of drug-likeness (QED) is 0.894. The van der Waals surface area contributed by atoms with Gasteiger partial charge in [-0.2, -0.15) is 0 Å². The van der Waals surface area contributed by atoms with E-state index in [0.717, 1.165) is 18.2 Å². The summed E-state index contributed by atoms with van der Waals surface area (Å²) in [4.78, 5) is 0. The third-order valence-electron chi connectivity index (χ3n) is 2.94. The minimum absolute atomic E-state index is 0.0822. The van der Waals surface area contributed by atoms with Gasteiger partial charge in [-0.05, 0) is 42.3 Å². The molecule has 0 aromatic heterocycles. The Bertz CT molecular complexity index is 574. The van der Waals surface area contributed by atoms with Crippen LogP contribution in [0.2, 0.25) is 0 Å². The van der Waals surface area contributed by atoms with Crippen LogP contribution in [-0.4, -0.2) is 10.2 Å². The SMILES string of the molecule is CC(O)(Cc1cccc(O)c1)c1cc(F)cc(F)c1. The second-order valence-electron chi connectivity index (χ2n) is 4.78. The molecule has 2 aromatic carbocycles. The maximum atomic E-state index is 13.2. The molecule has 19 heavy (non-hydrogen) atoms. The normalized spacial score (nSPS) is 14.1. The van der Waals surface area contributed by atoms with E-state index in [-0.39, 0.29) is 17.7 Å². The molecule has 4 heteroatoms. The molecular weight excluding hydrogens is 250 g/mol. The molecule has 2 N–H and O–H groups in total. The number of hydrogen-bond donors (Lipinski definition) is 2. The lowest BCUT2D eigenvalue weighted by Gasteiger charge is -2.24. The average molecular weight is 264 g/mol. The fourth-order valence-corrected chi connectivity index (χ4v) is 2.03. The molecule has 2 nitrogen and oxygen atoms in total. The Morgan fingerprint density at radius 3 is 2.26 bits per heavy atom. The van der Waals surface area contributed by atoms with E-state index in [1.807, 2.05) is 0 Å². The molecule has 0 heterocycles. The van der Waals surface area contributed by atoms with E-state index in [1.54, 1.807) is 12.1 Å². The number of aromatic hydroxyl groups is 1. The zero-order valence-corrected chi connectivity index (χ0v) is 10.4. The first-order valence-electron chi connectivity index (χ1n) is 5.84. The Labute approximate surface area is 110 Å². The summed E-state index contributed by atoms with van der Waals surface area (Å²) in [5, 5.41) is 19.7. The predicted molar refractivity (Wildman–Crippen MR) is 67.7 cm³/mol. The molecular formula is C15H14F2O2. The van der Waals surface area contributed by atoms with Crippen LogP contribution < -0.4 is 0 Å². The topological polar surface area (TPSA) is 40.5 Å². The van der Waals surface area contributed by atoms with E-state index >= 15 is 0 Å². The summed E-state index contributed by atoms with van der Waals surface area (Å²) in [6.07, 6.45) is 0.143.